The number of ketones is 1. The summed E-state index contributed by atoms with van der Waals surface area (Å²) in [5, 5.41) is 4.28. The van der Waals surface area contributed by atoms with Gasteiger partial charge in [-0.2, -0.15) is 5.10 Å². The number of hydrogen-bond donors (Lipinski definition) is 0. The van der Waals surface area contributed by atoms with E-state index in [0.29, 0.717) is 12.2 Å². The second-order valence-electron chi connectivity index (χ2n) is 3.85. The third-order valence-electron chi connectivity index (χ3n) is 2.79. The van der Waals surface area contributed by atoms with E-state index in [1.807, 2.05) is 20.9 Å². The molecule has 2 aromatic rings. The molecule has 2 heterocycles. The van der Waals surface area contributed by atoms with Crippen LogP contribution >= 0.6 is 0 Å². The third-order valence-corrected chi connectivity index (χ3v) is 2.79. The van der Waals surface area contributed by atoms with Crippen molar-refractivity contribution >= 4 is 5.78 Å². The van der Waals surface area contributed by atoms with Gasteiger partial charge in [0.15, 0.2) is 5.76 Å². The predicted molar refractivity (Wildman–Crippen MR) is 59.4 cm³/mol. The summed E-state index contributed by atoms with van der Waals surface area (Å²) in [7, 11) is 1.88. The summed E-state index contributed by atoms with van der Waals surface area (Å²) in [4.78, 5) is 11.9. The first kappa shape index (κ1) is 10.7. The maximum absolute atomic E-state index is 11.9. The molecular weight excluding hydrogens is 204 g/mol. The molecule has 0 fully saturated rings. The lowest BCUT2D eigenvalue weighted by atomic mass is 10.1. The molecule has 4 nitrogen and oxygen atoms in total. The molecule has 0 amide bonds. The van der Waals surface area contributed by atoms with Crippen LogP contribution in [-0.2, 0) is 13.5 Å². The first-order valence-electron chi connectivity index (χ1n) is 5.15. The van der Waals surface area contributed by atoms with Crippen LogP contribution in [0.3, 0.4) is 0 Å². The van der Waals surface area contributed by atoms with Crippen molar-refractivity contribution in [2.45, 2.75) is 20.3 Å². The normalized spacial score (nSPS) is 10.7. The standard InChI is InChI=1S/C12H14N2O2/c1-8-10(9(2)14(3)13-8)7-11(15)12-5-4-6-16-12/h4-6H,7H2,1-3H3. The topological polar surface area (TPSA) is 48.0 Å². The van der Waals surface area contributed by atoms with Crippen LogP contribution in [0.2, 0.25) is 0 Å². The Morgan fingerprint density at radius 3 is 2.75 bits per heavy atom. The average Bonchev–Trinajstić information content (AvgIpc) is 2.83. The van der Waals surface area contributed by atoms with Crippen molar-refractivity contribution in [1.29, 1.82) is 0 Å². The quantitative estimate of drug-likeness (QED) is 0.741. The van der Waals surface area contributed by atoms with Gasteiger partial charge in [0.05, 0.1) is 12.0 Å². The third kappa shape index (κ3) is 1.78. The van der Waals surface area contributed by atoms with Crippen LogP contribution in [0.15, 0.2) is 22.8 Å². The van der Waals surface area contributed by atoms with Crippen molar-refractivity contribution in [3.05, 3.63) is 41.1 Å². The minimum atomic E-state index is -0.01000. The zero-order valence-corrected chi connectivity index (χ0v) is 9.65. The minimum absolute atomic E-state index is 0.01000. The number of carbonyl (C=O) groups is 1. The van der Waals surface area contributed by atoms with E-state index in [9.17, 15) is 4.79 Å². The Labute approximate surface area is 93.9 Å². The Hall–Kier alpha value is -1.84. The zero-order valence-electron chi connectivity index (χ0n) is 9.65. The van der Waals surface area contributed by atoms with E-state index in [-0.39, 0.29) is 5.78 Å². The zero-order chi connectivity index (χ0) is 11.7. The minimum Gasteiger partial charge on any atom is -0.461 e. The van der Waals surface area contributed by atoms with Gasteiger partial charge in [-0.15, -0.1) is 0 Å². The molecule has 16 heavy (non-hydrogen) atoms. The van der Waals surface area contributed by atoms with Gasteiger partial charge in [-0.05, 0) is 26.0 Å². The summed E-state index contributed by atoms with van der Waals surface area (Å²) in [6, 6.07) is 3.40. The van der Waals surface area contributed by atoms with Gasteiger partial charge in [-0.3, -0.25) is 9.48 Å². The smallest absolute Gasteiger partial charge is 0.202 e. The molecule has 0 spiro atoms. The number of Topliss-reactive ketones (excluding diaryl/α,β-unsaturated/α-hetero) is 1. The highest BCUT2D eigenvalue weighted by molar-refractivity contribution is 5.95. The second kappa shape index (κ2) is 3.96. The molecule has 2 aromatic heterocycles. The molecular formula is C12H14N2O2. The van der Waals surface area contributed by atoms with E-state index >= 15 is 0 Å². The first-order valence-corrected chi connectivity index (χ1v) is 5.15. The van der Waals surface area contributed by atoms with Crippen LogP contribution in [0.4, 0.5) is 0 Å². The highest BCUT2D eigenvalue weighted by Gasteiger charge is 2.16. The van der Waals surface area contributed by atoms with Crippen molar-refractivity contribution in [2.75, 3.05) is 0 Å². The SMILES string of the molecule is Cc1nn(C)c(C)c1CC(=O)c1ccco1. The maximum atomic E-state index is 11.9. The van der Waals surface area contributed by atoms with Crippen molar-refractivity contribution < 1.29 is 9.21 Å². The first-order chi connectivity index (χ1) is 7.59. The average molecular weight is 218 g/mol. The molecule has 0 unspecified atom stereocenters. The van der Waals surface area contributed by atoms with Crippen LogP contribution < -0.4 is 0 Å². The summed E-state index contributed by atoms with van der Waals surface area (Å²) in [5.41, 5.74) is 2.92. The summed E-state index contributed by atoms with van der Waals surface area (Å²) >= 11 is 0. The molecule has 84 valence electrons. The number of hydrogen-bond acceptors (Lipinski definition) is 3. The molecule has 0 aliphatic heterocycles. The molecule has 0 atom stereocenters. The van der Waals surface area contributed by atoms with Gasteiger partial charge in [0, 0.05) is 24.7 Å². The van der Waals surface area contributed by atoms with Crippen LogP contribution in [0.25, 0.3) is 0 Å². The molecule has 0 radical (unpaired) electrons. The molecule has 4 heteroatoms. The van der Waals surface area contributed by atoms with Gasteiger partial charge >= 0.3 is 0 Å². The van der Waals surface area contributed by atoms with Crippen molar-refractivity contribution in [3.63, 3.8) is 0 Å². The molecule has 2 rings (SSSR count). The Bertz CT molecular complexity index is 509. The van der Waals surface area contributed by atoms with E-state index in [1.54, 1.807) is 16.8 Å². The molecule has 0 saturated heterocycles. The maximum Gasteiger partial charge on any atom is 0.202 e. The molecule has 0 saturated carbocycles. The van der Waals surface area contributed by atoms with Crippen LogP contribution in [-0.4, -0.2) is 15.6 Å². The molecule has 0 aliphatic rings. The molecule has 0 bridgehead atoms. The van der Waals surface area contributed by atoms with Crippen molar-refractivity contribution in [2.24, 2.45) is 7.05 Å². The number of rotatable bonds is 3. The summed E-state index contributed by atoms with van der Waals surface area (Å²) in [6.07, 6.45) is 1.86. The lowest BCUT2D eigenvalue weighted by Gasteiger charge is -1.99. The Kier molecular flexibility index (Phi) is 2.64. The monoisotopic (exact) mass is 218 g/mol. The van der Waals surface area contributed by atoms with Crippen LogP contribution in [0, 0.1) is 13.8 Å². The van der Waals surface area contributed by atoms with Gasteiger partial charge in [-0.1, -0.05) is 0 Å². The summed E-state index contributed by atoms with van der Waals surface area (Å²) in [6.45, 7) is 3.88. The Balaban J connectivity index is 2.25. The van der Waals surface area contributed by atoms with Crippen LogP contribution in [0.1, 0.15) is 27.5 Å². The Morgan fingerprint density at radius 1 is 1.50 bits per heavy atom. The lowest BCUT2D eigenvalue weighted by Crippen LogP contribution is -2.04. The Morgan fingerprint density at radius 2 is 2.25 bits per heavy atom. The lowest BCUT2D eigenvalue weighted by molar-refractivity contribution is 0.0966. The summed E-state index contributed by atoms with van der Waals surface area (Å²) < 4.78 is 6.87. The molecule has 0 aromatic carbocycles. The number of aromatic nitrogens is 2. The molecule has 0 aliphatic carbocycles. The largest absolute Gasteiger partial charge is 0.461 e. The van der Waals surface area contributed by atoms with Crippen molar-refractivity contribution in [3.8, 4) is 0 Å². The highest BCUT2D eigenvalue weighted by atomic mass is 16.3. The number of furan rings is 1. The number of nitrogens with zero attached hydrogens (tertiary/aromatic N) is 2. The second-order valence-corrected chi connectivity index (χ2v) is 3.85. The van der Waals surface area contributed by atoms with Gasteiger partial charge in [0.1, 0.15) is 0 Å². The predicted octanol–water partition coefficient (Wildman–Crippen LogP) is 2.06. The highest BCUT2D eigenvalue weighted by Crippen LogP contribution is 2.15. The number of aryl methyl sites for hydroxylation is 2. The van der Waals surface area contributed by atoms with Gasteiger partial charge in [0.25, 0.3) is 0 Å². The van der Waals surface area contributed by atoms with Gasteiger partial charge in [0.2, 0.25) is 5.78 Å². The van der Waals surface area contributed by atoms with E-state index in [4.69, 9.17) is 4.42 Å². The van der Waals surface area contributed by atoms with Gasteiger partial charge < -0.3 is 4.42 Å². The van der Waals surface area contributed by atoms with E-state index in [2.05, 4.69) is 5.10 Å². The van der Waals surface area contributed by atoms with E-state index in [1.165, 1.54) is 6.26 Å². The fraction of sp³-hybridized carbons (Fsp3) is 0.333. The summed E-state index contributed by atoms with van der Waals surface area (Å²) in [5.74, 6) is 0.395. The fourth-order valence-corrected chi connectivity index (χ4v) is 1.76. The van der Waals surface area contributed by atoms with E-state index in [0.717, 1.165) is 17.0 Å². The van der Waals surface area contributed by atoms with E-state index < -0.39 is 0 Å². The van der Waals surface area contributed by atoms with Crippen LogP contribution in [0.5, 0.6) is 0 Å². The fourth-order valence-electron chi connectivity index (χ4n) is 1.76. The van der Waals surface area contributed by atoms with Gasteiger partial charge in [-0.25, -0.2) is 0 Å². The molecule has 0 N–H and O–H groups in total. The number of carbonyl (C=O) groups excluding carboxylic acids is 1. The van der Waals surface area contributed by atoms with Crippen molar-refractivity contribution in [1.82, 2.24) is 9.78 Å².